The zero-order valence-corrected chi connectivity index (χ0v) is 18.0. The number of benzene rings is 2. The fraction of sp³-hybridized carbons (Fsp3) is 0.400. The number of hydrogen-bond donors (Lipinski definition) is 0. The average Bonchev–Trinajstić information content (AvgIpc) is 3.04. The summed E-state index contributed by atoms with van der Waals surface area (Å²) in [6, 6.07) is 15.1. The van der Waals surface area contributed by atoms with Crippen molar-refractivity contribution in [3.8, 4) is 0 Å². The van der Waals surface area contributed by atoms with Gasteiger partial charge in [-0.15, -0.1) is 0 Å². The van der Waals surface area contributed by atoms with E-state index in [1.165, 1.54) is 6.07 Å². The van der Waals surface area contributed by atoms with Crippen LogP contribution in [0.1, 0.15) is 58.1 Å². The molecular formula is C25H31FN2O. The van der Waals surface area contributed by atoms with Gasteiger partial charge in [0.15, 0.2) is 0 Å². The predicted octanol–water partition coefficient (Wildman–Crippen LogP) is 5.97. The van der Waals surface area contributed by atoms with E-state index in [9.17, 15) is 9.18 Å². The van der Waals surface area contributed by atoms with Crippen molar-refractivity contribution in [2.45, 2.75) is 65.6 Å². The normalized spacial score (nSPS) is 12.7. The predicted molar refractivity (Wildman–Crippen MR) is 118 cm³/mol. The van der Waals surface area contributed by atoms with E-state index in [1.54, 1.807) is 12.1 Å². The zero-order valence-electron chi connectivity index (χ0n) is 18.0. The fourth-order valence-electron chi connectivity index (χ4n) is 4.40. The summed E-state index contributed by atoms with van der Waals surface area (Å²) < 4.78 is 16.3. The van der Waals surface area contributed by atoms with E-state index in [4.69, 9.17) is 0 Å². The van der Waals surface area contributed by atoms with E-state index in [1.807, 2.05) is 50.8 Å². The first kappa shape index (κ1) is 21.1. The topological polar surface area (TPSA) is 25.2 Å². The molecule has 3 aromatic rings. The summed E-state index contributed by atoms with van der Waals surface area (Å²) in [6.07, 6.45) is 2.44. The highest BCUT2D eigenvalue weighted by Crippen LogP contribution is 2.35. The third-order valence-electron chi connectivity index (χ3n) is 5.57. The highest BCUT2D eigenvalue weighted by Gasteiger charge is 2.27. The molecule has 0 unspecified atom stereocenters. The van der Waals surface area contributed by atoms with Crippen molar-refractivity contribution in [1.29, 1.82) is 0 Å². The van der Waals surface area contributed by atoms with Crippen LogP contribution in [0.4, 0.5) is 4.39 Å². The molecule has 0 aliphatic rings. The number of amides is 1. The van der Waals surface area contributed by atoms with Gasteiger partial charge in [0.05, 0.1) is 0 Å². The molecule has 1 aromatic heterocycles. The van der Waals surface area contributed by atoms with Crippen LogP contribution in [-0.4, -0.2) is 27.5 Å². The van der Waals surface area contributed by atoms with Crippen LogP contribution in [0.15, 0.2) is 54.7 Å². The number of fused-ring (bicyclic) bond motifs is 1. The van der Waals surface area contributed by atoms with Crippen LogP contribution in [0.2, 0.25) is 0 Å². The summed E-state index contributed by atoms with van der Waals surface area (Å²) in [7, 11) is 0. The Morgan fingerprint density at radius 3 is 2.34 bits per heavy atom. The van der Waals surface area contributed by atoms with E-state index in [2.05, 4.69) is 29.8 Å². The molecule has 0 N–H and O–H groups in total. The first-order chi connectivity index (χ1) is 13.8. The highest BCUT2D eigenvalue weighted by molar-refractivity contribution is 5.86. The Balaban J connectivity index is 2.11. The molecule has 0 saturated carbocycles. The third kappa shape index (κ3) is 4.36. The minimum atomic E-state index is -0.274. The number of hydrogen-bond acceptors (Lipinski definition) is 1. The number of aromatic nitrogens is 1. The lowest BCUT2D eigenvalue weighted by atomic mass is 9.87. The molecule has 0 bridgehead atoms. The molecule has 29 heavy (non-hydrogen) atoms. The van der Waals surface area contributed by atoms with Crippen LogP contribution < -0.4 is 0 Å². The minimum absolute atomic E-state index is 0.0950. The van der Waals surface area contributed by atoms with Gasteiger partial charge in [0, 0.05) is 48.1 Å². The maximum absolute atomic E-state index is 14.1. The van der Waals surface area contributed by atoms with Crippen molar-refractivity contribution in [3.63, 3.8) is 0 Å². The van der Waals surface area contributed by atoms with Crippen LogP contribution in [0.5, 0.6) is 0 Å². The highest BCUT2D eigenvalue weighted by atomic mass is 19.1. The summed E-state index contributed by atoms with van der Waals surface area (Å²) >= 11 is 0. The molecule has 154 valence electrons. The monoisotopic (exact) mass is 394 g/mol. The minimum Gasteiger partial charge on any atom is -0.347 e. The lowest BCUT2D eigenvalue weighted by Gasteiger charge is -2.32. The molecule has 2 aromatic carbocycles. The molecule has 1 amide bonds. The van der Waals surface area contributed by atoms with Crippen molar-refractivity contribution in [3.05, 3.63) is 71.7 Å². The number of carbonyl (C=O) groups is 1. The van der Waals surface area contributed by atoms with E-state index >= 15 is 0 Å². The van der Waals surface area contributed by atoms with Gasteiger partial charge >= 0.3 is 0 Å². The maximum Gasteiger partial charge on any atom is 0.223 e. The molecule has 1 atom stereocenters. The molecule has 3 nitrogen and oxygen atoms in total. The molecule has 0 spiro atoms. The number of carbonyl (C=O) groups excluding carboxylic acids is 1. The smallest absolute Gasteiger partial charge is 0.223 e. The van der Waals surface area contributed by atoms with Gasteiger partial charge < -0.3 is 9.47 Å². The van der Waals surface area contributed by atoms with Gasteiger partial charge in [-0.25, -0.2) is 4.39 Å². The van der Waals surface area contributed by atoms with Crippen LogP contribution in [0.25, 0.3) is 10.9 Å². The molecule has 0 saturated heterocycles. The van der Waals surface area contributed by atoms with E-state index in [0.29, 0.717) is 6.42 Å². The van der Waals surface area contributed by atoms with Crippen LogP contribution in [0.3, 0.4) is 0 Å². The van der Waals surface area contributed by atoms with E-state index in [0.717, 1.165) is 28.6 Å². The second-order valence-corrected chi connectivity index (χ2v) is 8.19. The van der Waals surface area contributed by atoms with E-state index < -0.39 is 0 Å². The molecule has 0 radical (unpaired) electrons. The first-order valence-corrected chi connectivity index (χ1v) is 10.5. The first-order valence-electron chi connectivity index (χ1n) is 10.5. The average molecular weight is 395 g/mol. The third-order valence-corrected chi connectivity index (χ3v) is 5.57. The molecule has 3 rings (SSSR count). The molecule has 0 aliphatic carbocycles. The quantitative estimate of drug-likeness (QED) is 0.485. The lowest BCUT2D eigenvalue weighted by Crippen LogP contribution is -2.42. The van der Waals surface area contributed by atoms with Gasteiger partial charge in [-0.05, 0) is 63.9 Å². The summed E-state index contributed by atoms with van der Waals surface area (Å²) in [5.74, 6) is -0.378. The van der Waals surface area contributed by atoms with Crippen LogP contribution >= 0.6 is 0 Å². The van der Waals surface area contributed by atoms with Crippen molar-refractivity contribution in [2.24, 2.45) is 0 Å². The largest absolute Gasteiger partial charge is 0.347 e. The van der Waals surface area contributed by atoms with Gasteiger partial charge in [-0.1, -0.05) is 30.3 Å². The van der Waals surface area contributed by atoms with Crippen LogP contribution in [-0.2, 0) is 11.3 Å². The molecule has 0 aliphatic heterocycles. The summed E-state index contributed by atoms with van der Waals surface area (Å²) in [5, 5.41) is 1.12. The fourth-order valence-corrected chi connectivity index (χ4v) is 4.40. The van der Waals surface area contributed by atoms with E-state index in [-0.39, 0.29) is 29.7 Å². The Hall–Kier alpha value is -2.62. The van der Waals surface area contributed by atoms with Gasteiger partial charge in [0.25, 0.3) is 0 Å². The number of rotatable bonds is 7. The lowest BCUT2D eigenvalue weighted by molar-refractivity contribution is -0.135. The van der Waals surface area contributed by atoms with Gasteiger partial charge in [0.1, 0.15) is 5.82 Å². The van der Waals surface area contributed by atoms with Crippen LogP contribution in [0, 0.1) is 5.82 Å². The Labute approximate surface area is 173 Å². The SMILES string of the molecule is CCn1cc([C@H](CC(=O)N(C(C)C)C(C)C)c2cccc(F)c2)c2ccccc21. The number of nitrogens with zero attached hydrogens (tertiary/aromatic N) is 2. The number of aryl methyl sites for hydroxylation is 1. The molecular weight excluding hydrogens is 363 g/mol. The number of para-hydroxylation sites is 1. The summed E-state index contributed by atoms with van der Waals surface area (Å²) in [6.45, 7) is 11.1. The second kappa shape index (κ2) is 8.81. The standard InChI is InChI=1S/C25H31FN2O/c1-6-27-16-23(21-12-7-8-13-24(21)27)22(19-10-9-11-20(26)14-19)15-25(29)28(17(2)3)18(4)5/h7-14,16-18,22H,6,15H2,1-5H3/t22-/m1/s1. The molecule has 4 heteroatoms. The molecule has 0 fully saturated rings. The van der Waals surface area contributed by atoms with Gasteiger partial charge in [0.2, 0.25) is 5.91 Å². The summed E-state index contributed by atoms with van der Waals surface area (Å²) in [4.78, 5) is 15.2. The zero-order chi connectivity index (χ0) is 21.1. The Bertz CT molecular complexity index is 981. The Kier molecular flexibility index (Phi) is 6.41. The maximum atomic E-state index is 14.1. The van der Waals surface area contributed by atoms with Gasteiger partial charge in [-0.2, -0.15) is 0 Å². The Morgan fingerprint density at radius 2 is 1.72 bits per heavy atom. The van der Waals surface area contributed by atoms with Crippen molar-refractivity contribution in [1.82, 2.24) is 9.47 Å². The molecule has 1 heterocycles. The second-order valence-electron chi connectivity index (χ2n) is 8.19. The van der Waals surface area contributed by atoms with Crippen molar-refractivity contribution in [2.75, 3.05) is 0 Å². The number of halogens is 1. The van der Waals surface area contributed by atoms with Crippen molar-refractivity contribution >= 4 is 16.8 Å². The Morgan fingerprint density at radius 1 is 1.03 bits per heavy atom. The summed E-state index contributed by atoms with van der Waals surface area (Å²) in [5.41, 5.74) is 3.06. The van der Waals surface area contributed by atoms with Crippen molar-refractivity contribution < 1.29 is 9.18 Å². The van der Waals surface area contributed by atoms with Gasteiger partial charge in [-0.3, -0.25) is 4.79 Å².